The van der Waals surface area contributed by atoms with Crippen LogP contribution in [0, 0.1) is 5.41 Å². The fraction of sp³-hybridized carbons (Fsp3) is 0.500. The summed E-state index contributed by atoms with van der Waals surface area (Å²) in [6, 6.07) is 4.32. The van der Waals surface area contributed by atoms with Crippen molar-refractivity contribution in [2.75, 3.05) is 5.32 Å². The zero-order valence-corrected chi connectivity index (χ0v) is 17.8. The Hall–Kier alpha value is -2.88. The van der Waals surface area contributed by atoms with Crippen molar-refractivity contribution >= 4 is 17.4 Å². The lowest BCUT2D eigenvalue weighted by molar-refractivity contribution is -0.141. The summed E-state index contributed by atoms with van der Waals surface area (Å²) in [6.45, 7) is 3.65. The van der Waals surface area contributed by atoms with Gasteiger partial charge in [-0.2, -0.15) is 18.3 Å². The second-order valence-corrected chi connectivity index (χ2v) is 9.42. The molecule has 1 amide bonds. The van der Waals surface area contributed by atoms with Crippen LogP contribution >= 0.6 is 0 Å². The Morgan fingerprint density at radius 1 is 1.28 bits per heavy atom. The van der Waals surface area contributed by atoms with Crippen LogP contribution in [0.5, 0.6) is 0 Å². The van der Waals surface area contributed by atoms with Gasteiger partial charge < -0.3 is 16.2 Å². The molecule has 172 valence electrons. The van der Waals surface area contributed by atoms with Gasteiger partial charge in [0.15, 0.2) is 11.5 Å². The number of aliphatic hydroxyl groups is 1. The molecule has 0 unspecified atom stereocenters. The second kappa shape index (κ2) is 7.61. The van der Waals surface area contributed by atoms with Crippen LogP contribution < -0.4 is 11.1 Å². The Morgan fingerprint density at radius 3 is 2.59 bits per heavy atom. The van der Waals surface area contributed by atoms with Crippen molar-refractivity contribution in [3.8, 4) is 5.69 Å². The summed E-state index contributed by atoms with van der Waals surface area (Å²) < 4.78 is 42.3. The van der Waals surface area contributed by atoms with Gasteiger partial charge in [-0.15, -0.1) is 0 Å². The molecular weight excluding hydrogens is 425 g/mol. The molecule has 0 aliphatic heterocycles. The number of aliphatic hydroxyl groups excluding tert-OH is 1. The first-order valence-corrected chi connectivity index (χ1v) is 10.5. The van der Waals surface area contributed by atoms with Crippen molar-refractivity contribution in [2.24, 2.45) is 11.1 Å². The van der Waals surface area contributed by atoms with E-state index in [4.69, 9.17) is 5.73 Å². The summed E-state index contributed by atoms with van der Waals surface area (Å²) in [5, 5.41) is 16.8. The minimum Gasteiger partial charge on any atom is -0.393 e. The SMILES string of the molecule is CC1(C)CC(=O)c2c(C(F)(F)F)nn(-c3ccc(C(N)=O)c(N[C@@H]4CC[C@@H](O)C4)c3)c2C1. The van der Waals surface area contributed by atoms with Gasteiger partial charge in [-0.25, -0.2) is 4.68 Å². The highest BCUT2D eigenvalue weighted by Gasteiger charge is 2.45. The van der Waals surface area contributed by atoms with E-state index in [0.29, 0.717) is 24.9 Å². The van der Waals surface area contributed by atoms with Crippen molar-refractivity contribution in [1.29, 1.82) is 0 Å². The fourth-order valence-corrected chi connectivity index (χ4v) is 4.67. The van der Waals surface area contributed by atoms with Gasteiger partial charge in [0.2, 0.25) is 0 Å². The van der Waals surface area contributed by atoms with Crippen LogP contribution in [0.3, 0.4) is 0 Å². The molecule has 1 heterocycles. The van der Waals surface area contributed by atoms with Gasteiger partial charge in [-0.1, -0.05) is 13.8 Å². The number of hydrogen-bond donors (Lipinski definition) is 3. The number of hydrogen-bond acceptors (Lipinski definition) is 5. The van der Waals surface area contributed by atoms with Crippen molar-refractivity contribution in [3.63, 3.8) is 0 Å². The average molecular weight is 450 g/mol. The number of aromatic nitrogens is 2. The first kappa shape index (κ1) is 22.3. The number of halogens is 3. The maximum absolute atomic E-state index is 13.7. The number of Topliss-reactive ketones (excluding diaryl/α,β-unsaturated/α-hetero) is 1. The number of nitrogens with one attached hydrogen (secondary N) is 1. The first-order chi connectivity index (χ1) is 14.9. The molecule has 0 bridgehead atoms. The van der Waals surface area contributed by atoms with Crippen molar-refractivity contribution < 1.29 is 27.9 Å². The molecule has 2 atom stereocenters. The van der Waals surface area contributed by atoms with Crippen LogP contribution in [-0.2, 0) is 12.6 Å². The Bertz CT molecular complexity index is 1090. The Balaban J connectivity index is 1.84. The van der Waals surface area contributed by atoms with Gasteiger partial charge in [0.25, 0.3) is 5.91 Å². The van der Waals surface area contributed by atoms with Crippen molar-refractivity contribution in [2.45, 2.75) is 64.3 Å². The highest BCUT2D eigenvalue weighted by Crippen LogP contribution is 2.42. The summed E-state index contributed by atoms with van der Waals surface area (Å²) in [4.78, 5) is 24.6. The summed E-state index contributed by atoms with van der Waals surface area (Å²) in [5.74, 6) is -1.27. The quantitative estimate of drug-likeness (QED) is 0.661. The van der Waals surface area contributed by atoms with Gasteiger partial charge in [-0.3, -0.25) is 9.59 Å². The first-order valence-electron chi connectivity index (χ1n) is 10.5. The van der Waals surface area contributed by atoms with E-state index in [1.54, 1.807) is 0 Å². The number of carbonyl (C=O) groups excluding carboxylic acids is 2. The van der Waals surface area contributed by atoms with E-state index in [9.17, 15) is 27.9 Å². The van der Waals surface area contributed by atoms with E-state index in [1.807, 2.05) is 13.8 Å². The third-order valence-electron chi connectivity index (χ3n) is 6.09. The number of benzene rings is 1. The number of nitrogens with zero attached hydrogens (tertiary/aromatic N) is 2. The molecule has 2 aromatic rings. The minimum absolute atomic E-state index is 0.00615. The van der Waals surface area contributed by atoms with Crippen LogP contribution in [0.1, 0.15) is 71.6 Å². The van der Waals surface area contributed by atoms with Crippen molar-refractivity contribution in [1.82, 2.24) is 9.78 Å². The van der Waals surface area contributed by atoms with Crippen LogP contribution in [0.2, 0.25) is 0 Å². The van der Waals surface area contributed by atoms with E-state index in [2.05, 4.69) is 10.4 Å². The predicted molar refractivity (Wildman–Crippen MR) is 111 cm³/mol. The molecule has 7 nitrogen and oxygen atoms in total. The fourth-order valence-electron chi connectivity index (χ4n) is 4.67. The standard InChI is InChI=1S/C22H25F3N4O3/c1-21(2)9-16-18(17(31)10-21)19(22(23,24)25)28-29(16)12-4-6-14(20(26)32)15(8-12)27-11-3-5-13(30)7-11/h4,6,8,11,13,27,30H,3,5,7,9-10H2,1-2H3,(H2,26,32)/t11-,13-/m1/s1. The third-order valence-corrected chi connectivity index (χ3v) is 6.09. The van der Waals surface area contributed by atoms with Crippen LogP contribution in [0.25, 0.3) is 5.69 Å². The smallest absolute Gasteiger partial charge is 0.393 e. The zero-order chi connectivity index (χ0) is 23.4. The average Bonchev–Trinajstić information content (AvgIpc) is 3.24. The molecule has 1 aromatic heterocycles. The molecular formula is C22H25F3N4O3. The molecule has 1 fully saturated rings. The van der Waals surface area contributed by atoms with Crippen LogP contribution in [-0.4, -0.2) is 38.7 Å². The summed E-state index contributed by atoms with van der Waals surface area (Å²) in [5.41, 5.74) is 4.42. The summed E-state index contributed by atoms with van der Waals surface area (Å²) >= 11 is 0. The highest BCUT2D eigenvalue weighted by molar-refractivity contribution is 6.00. The number of primary amides is 1. The number of amides is 1. The number of rotatable bonds is 4. The van der Waals surface area contributed by atoms with E-state index >= 15 is 0 Å². The number of fused-ring (bicyclic) bond motifs is 1. The van der Waals surface area contributed by atoms with E-state index in [-0.39, 0.29) is 41.4 Å². The molecule has 4 N–H and O–H groups in total. The van der Waals surface area contributed by atoms with Gasteiger partial charge in [-0.05, 0) is 49.3 Å². The molecule has 4 rings (SSSR count). The summed E-state index contributed by atoms with van der Waals surface area (Å²) in [6.07, 6.45) is -3.20. The number of carbonyl (C=O) groups is 2. The monoisotopic (exact) mass is 450 g/mol. The predicted octanol–water partition coefficient (Wildman–Crippen LogP) is 3.47. The maximum Gasteiger partial charge on any atom is 0.435 e. The Kier molecular flexibility index (Phi) is 5.31. The van der Waals surface area contributed by atoms with E-state index < -0.39 is 35.1 Å². The second-order valence-electron chi connectivity index (χ2n) is 9.42. The molecule has 1 aromatic carbocycles. The van der Waals surface area contributed by atoms with Crippen LogP contribution in [0.4, 0.5) is 18.9 Å². The van der Waals surface area contributed by atoms with Gasteiger partial charge in [0.05, 0.1) is 28.6 Å². The lowest BCUT2D eigenvalue weighted by atomic mass is 9.75. The lowest BCUT2D eigenvalue weighted by Crippen LogP contribution is -2.29. The normalized spacial score (nSPS) is 22.6. The number of ketones is 1. The van der Waals surface area contributed by atoms with Gasteiger partial charge in [0.1, 0.15) is 0 Å². The number of alkyl halides is 3. The molecule has 32 heavy (non-hydrogen) atoms. The molecule has 0 radical (unpaired) electrons. The van der Waals surface area contributed by atoms with E-state index in [0.717, 1.165) is 4.68 Å². The summed E-state index contributed by atoms with van der Waals surface area (Å²) in [7, 11) is 0. The highest BCUT2D eigenvalue weighted by atomic mass is 19.4. The number of nitrogens with two attached hydrogens (primary N) is 1. The molecule has 0 spiro atoms. The number of anilines is 1. The van der Waals surface area contributed by atoms with Crippen LogP contribution in [0.15, 0.2) is 18.2 Å². The third kappa shape index (κ3) is 4.11. The Labute approximate surface area is 182 Å². The van der Waals surface area contributed by atoms with Gasteiger partial charge >= 0.3 is 6.18 Å². The maximum atomic E-state index is 13.7. The molecule has 0 saturated heterocycles. The van der Waals surface area contributed by atoms with Gasteiger partial charge in [0, 0.05) is 18.2 Å². The topological polar surface area (TPSA) is 110 Å². The largest absolute Gasteiger partial charge is 0.435 e. The molecule has 2 aliphatic carbocycles. The lowest BCUT2D eigenvalue weighted by Gasteiger charge is -2.29. The Morgan fingerprint density at radius 2 is 2.00 bits per heavy atom. The van der Waals surface area contributed by atoms with Crippen molar-refractivity contribution in [3.05, 3.63) is 40.7 Å². The zero-order valence-electron chi connectivity index (χ0n) is 17.8. The molecule has 2 aliphatic rings. The minimum atomic E-state index is -4.78. The van der Waals surface area contributed by atoms with E-state index in [1.165, 1.54) is 18.2 Å². The molecule has 10 heteroatoms. The molecule has 1 saturated carbocycles.